The van der Waals surface area contributed by atoms with Gasteiger partial charge in [-0.3, -0.25) is 9.97 Å². The van der Waals surface area contributed by atoms with Gasteiger partial charge in [-0.05, 0) is 18.2 Å². The second-order valence-corrected chi connectivity index (χ2v) is 3.99. The van der Waals surface area contributed by atoms with Crippen molar-refractivity contribution in [3.8, 4) is 0 Å². The minimum Gasteiger partial charge on any atom is -0.399 e. The molecule has 17 heavy (non-hydrogen) atoms. The summed E-state index contributed by atoms with van der Waals surface area (Å²) in [7, 11) is 0. The monoisotopic (exact) mass is 245 g/mol. The number of nitrogens with zero attached hydrogens (tertiary/aromatic N) is 2. The van der Waals surface area contributed by atoms with Crippen molar-refractivity contribution in [2.24, 2.45) is 0 Å². The molecule has 3 aromatic rings. The third kappa shape index (κ3) is 1.56. The largest absolute Gasteiger partial charge is 0.399 e. The van der Waals surface area contributed by atoms with Crippen LogP contribution in [0.3, 0.4) is 0 Å². The number of nitrogens with two attached hydrogens (primary N) is 1. The first kappa shape index (κ1) is 9.91. The van der Waals surface area contributed by atoms with Crippen molar-refractivity contribution < 1.29 is 0 Å². The zero-order valence-electron chi connectivity index (χ0n) is 8.52. The fourth-order valence-corrected chi connectivity index (χ4v) is 1.85. The number of aromatic nitrogens is 4. The van der Waals surface area contributed by atoms with Crippen molar-refractivity contribution in [3.05, 3.63) is 33.3 Å². The van der Waals surface area contributed by atoms with Crippen LogP contribution in [0.2, 0.25) is 0 Å². The molecule has 0 saturated carbocycles. The Kier molecular flexibility index (Phi) is 1.96. The van der Waals surface area contributed by atoms with Crippen LogP contribution < -0.4 is 11.4 Å². The van der Waals surface area contributed by atoms with Crippen LogP contribution in [0.25, 0.3) is 22.2 Å². The Labute approximate surface area is 99.5 Å². The average molecular weight is 245 g/mol. The Bertz CT molecular complexity index is 851. The van der Waals surface area contributed by atoms with Gasteiger partial charge in [0.25, 0.3) is 0 Å². The van der Waals surface area contributed by atoms with Crippen LogP contribution >= 0.6 is 12.2 Å². The van der Waals surface area contributed by atoms with E-state index < -0.39 is 5.69 Å². The van der Waals surface area contributed by atoms with E-state index >= 15 is 0 Å². The maximum absolute atomic E-state index is 11.2. The zero-order chi connectivity index (χ0) is 12.0. The van der Waals surface area contributed by atoms with Crippen LogP contribution in [0.15, 0.2) is 23.0 Å². The van der Waals surface area contributed by atoms with E-state index in [9.17, 15) is 4.79 Å². The molecule has 4 N–H and O–H groups in total. The highest BCUT2D eigenvalue weighted by Gasteiger charge is 2.04. The van der Waals surface area contributed by atoms with Gasteiger partial charge in [0.2, 0.25) is 0 Å². The lowest BCUT2D eigenvalue weighted by Gasteiger charge is -2.01. The van der Waals surface area contributed by atoms with E-state index in [1.165, 1.54) is 0 Å². The molecular formula is C10H7N5OS. The molecule has 3 rings (SSSR count). The van der Waals surface area contributed by atoms with Gasteiger partial charge in [0.1, 0.15) is 10.2 Å². The normalized spacial score (nSPS) is 11.1. The quantitative estimate of drug-likeness (QED) is 0.313. The summed E-state index contributed by atoms with van der Waals surface area (Å²) in [5.74, 6) is 0. The predicted molar refractivity (Wildman–Crippen MR) is 67.3 cm³/mol. The topological polar surface area (TPSA) is 100 Å². The molecule has 84 valence electrons. The summed E-state index contributed by atoms with van der Waals surface area (Å²) in [6.45, 7) is 0. The maximum atomic E-state index is 11.2. The molecule has 0 aliphatic carbocycles. The third-order valence-electron chi connectivity index (χ3n) is 2.36. The summed E-state index contributed by atoms with van der Waals surface area (Å²) in [6, 6.07) is 5.18. The molecule has 0 amide bonds. The molecule has 0 unspecified atom stereocenters. The Morgan fingerprint density at radius 2 is 2.00 bits per heavy atom. The second kappa shape index (κ2) is 3.36. The van der Waals surface area contributed by atoms with Crippen molar-refractivity contribution >= 4 is 40.1 Å². The minimum absolute atomic E-state index is 0.264. The van der Waals surface area contributed by atoms with Gasteiger partial charge in [-0.2, -0.15) is 0 Å². The Balaban J connectivity index is 2.56. The van der Waals surface area contributed by atoms with Crippen molar-refractivity contribution in [2.45, 2.75) is 0 Å². The highest BCUT2D eigenvalue weighted by Crippen LogP contribution is 2.16. The van der Waals surface area contributed by atoms with Crippen molar-refractivity contribution in [2.75, 3.05) is 5.73 Å². The summed E-state index contributed by atoms with van der Waals surface area (Å²) in [6.07, 6.45) is 0. The van der Waals surface area contributed by atoms with E-state index in [4.69, 9.17) is 18.0 Å². The summed E-state index contributed by atoms with van der Waals surface area (Å²) in [5.41, 5.74) is 8.00. The van der Waals surface area contributed by atoms with Crippen molar-refractivity contribution in [1.82, 2.24) is 19.9 Å². The number of benzene rings is 1. The number of hydrogen-bond donors (Lipinski definition) is 3. The number of anilines is 1. The smallest absolute Gasteiger partial charge is 0.325 e. The molecule has 0 spiro atoms. The van der Waals surface area contributed by atoms with Gasteiger partial charge in [0, 0.05) is 5.69 Å². The standard InChI is InChI=1S/C10H7N5OS/c11-4-1-2-5-6(3-4)12-7-8(13-5)14-10(16)15-9(7)17/h1-3H,11H2,(H2,13,14,15,16,17). The lowest BCUT2D eigenvalue weighted by Crippen LogP contribution is -2.11. The van der Waals surface area contributed by atoms with Crippen LogP contribution in [0, 0.1) is 4.64 Å². The van der Waals surface area contributed by atoms with Gasteiger partial charge in [-0.25, -0.2) is 14.8 Å². The molecule has 6 nitrogen and oxygen atoms in total. The van der Waals surface area contributed by atoms with E-state index in [-0.39, 0.29) is 4.64 Å². The molecule has 0 saturated heterocycles. The first-order chi connectivity index (χ1) is 8.13. The minimum atomic E-state index is -0.397. The highest BCUT2D eigenvalue weighted by atomic mass is 32.1. The molecule has 0 fully saturated rings. The molecule has 7 heteroatoms. The fourth-order valence-electron chi connectivity index (χ4n) is 1.62. The molecule has 0 atom stereocenters. The van der Waals surface area contributed by atoms with E-state index in [2.05, 4.69) is 19.9 Å². The summed E-state index contributed by atoms with van der Waals surface area (Å²) in [5, 5.41) is 0. The average Bonchev–Trinajstić information content (AvgIpc) is 2.27. The van der Waals surface area contributed by atoms with Crippen molar-refractivity contribution in [1.29, 1.82) is 0 Å². The molecule has 2 heterocycles. The van der Waals surface area contributed by atoms with E-state index in [0.717, 1.165) is 0 Å². The van der Waals surface area contributed by atoms with Crippen LogP contribution in [0.5, 0.6) is 0 Å². The number of nitrogen functional groups attached to an aromatic ring is 1. The Morgan fingerprint density at radius 3 is 2.82 bits per heavy atom. The molecule has 1 aromatic carbocycles. The summed E-state index contributed by atoms with van der Waals surface area (Å²) in [4.78, 5) is 24.9. The molecule has 0 aliphatic heterocycles. The van der Waals surface area contributed by atoms with Crippen LogP contribution in [0.4, 0.5) is 5.69 Å². The molecule has 0 bridgehead atoms. The zero-order valence-corrected chi connectivity index (χ0v) is 9.34. The lowest BCUT2D eigenvalue weighted by molar-refractivity contribution is 1.08. The third-order valence-corrected chi connectivity index (χ3v) is 2.66. The molecule has 0 radical (unpaired) electrons. The van der Waals surface area contributed by atoms with Crippen LogP contribution in [0.1, 0.15) is 0 Å². The van der Waals surface area contributed by atoms with E-state index in [1.807, 2.05) is 0 Å². The van der Waals surface area contributed by atoms with E-state index in [1.54, 1.807) is 18.2 Å². The highest BCUT2D eigenvalue weighted by molar-refractivity contribution is 7.71. The van der Waals surface area contributed by atoms with Gasteiger partial charge in [-0.15, -0.1) is 0 Å². The van der Waals surface area contributed by atoms with Crippen LogP contribution in [-0.4, -0.2) is 19.9 Å². The number of nitrogens with one attached hydrogen (secondary N) is 2. The Morgan fingerprint density at radius 1 is 1.18 bits per heavy atom. The van der Waals surface area contributed by atoms with E-state index in [0.29, 0.717) is 27.9 Å². The van der Waals surface area contributed by atoms with Gasteiger partial charge >= 0.3 is 5.69 Å². The van der Waals surface area contributed by atoms with Crippen LogP contribution in [-0.2, 0) is 0 Å². The SMILES string of the molecule is Nc1ccc2nc3[nH]c(=O)[nH]c(=S)c3nc2c1. The van der Waals surface area contributed by atoms with Gasteiger partial charge in [0.15, 0.2) is 5.65 Å². The fraction of sp³-hybridized carbons (Fsp3) is 0. The summed E-state index contributed by atoms with van der Waals surface area (Å²) < 4.78 is 0.264. The van der Waals surface area contributed by atoms with Gasteiger partial charge in [-0.1, -0.05) is 12.2 Å². The number of hydrogen-bond acceptors (Lipinski definition) is 5. The van der Waals surface area contributed by atoms with Crippen molar-refractivity contribution in [3.63, 3.8) is 0 Å². The lowest BCUT2D eigenvalue weighted by atomic mass is 10.2. The predicted octanol–water partition coefficient (Wildman–Crippen LogP) is 1.11. The number of rotatable bonds is 0. The number of H-pyrrole nitrogens is 2. The number of fused-ring (bicyclic) bond motifs is 2. The molecule has 2 aromatic heterocycles. The van der Waals surface area contributed by atoms with Gasteiger partial charge in [0.05, 0.1) is 11.0 Å². The number of aromatic amines is 2. The summed E-state index contributed by atoms with van der Waals surface area (Å²) >= 11 is 5.03. The molecule has 0 aliphatic rings. The first-order valence-corrected chi connectivity index (χ1v) is 5.24. The maximum Gasteiger partial charge on any atom is 0.325 e. The van der Waals surface area contributed by atoms with Gasteiger partial charge < -0.3 is 5.73 Å². The Hall–Kier alpha value is -2.28. The second-order valence-electron chi connectivity index (χ2n) is 3.58. The first-order valence-electron chi connectivity index (χ1n) is 4.83. The molecular weight excluding hydrogens is 238 g/mol.